The molecule has 0 saturated heterocycles. The van der Waals surface area contributed by atoms with Gasteiger partial charge in [0.1, 0.15) is 0 Å². The maximum Gasteiger partial charge on any atom is 0.0588 e. The highest BCUT2D eigenvalue weighted by Crippen LogP contribution is 2.58. The molecule has 0 aliphatic heterocycles. The molecule has 0 radical (unpaired) electrons. The van der Waals surface area contributed by atoms with Gasteiger partial charge in [-0.15, -0.1) is 0 Å². The van der Waals surface area contributed by atoms with Gasteiger partial charge < -0.3 is 14.4 Å². The Kier molecular flexibility index (Phi) is 9.28. The maximum absolute atomic E-state index is 2.59. The summed E-state index contributed by atoms with van der Waals surface area (Å²) < 4.78 is 2.59. The van der Waals surface area contributed by atoms with Gasteiger partial charge in [0.2, 0.25) is 0 Å². The Bertz CT molecular complexity index is 4120. The minimum Gasteiger partial charge on any atom is -0.310 e. The standard InChI is InChI=1S/C68H51N3/c1-44-40-46-23-14-16-32-51(46)60(41-44)70(48-27-9-5-10-28-48)61-42-58-64(54-35-19-17-33-52(54)61)56-38-39-57-65-55-36-20-18-34-53(55)62(43-63(65)71(49-29-11-6-12-30-49)67(57)66(56)68(58,2)3)69(47-25-7-4-8-26-47)59-37-21-24-45-22-13-15-31-50(45)59/h4-39,41-44H,40H2,1-3H3. The predicted octanol–water partition coefficient (Wildman–Crippen LogP) is 18.4. The van der Waals surface area contributed by atoms with Crippen LogP contribution in [0.25, 0.3) is 76.6 Å². The molecule has 1 atom stereocenters. The second-order valence-electron chi connectivity index (χ2n) is 20.1. The zero-order valence-corrected chi connectivity index (χ0v) is 40.1. The van der Waals surface area contributed by atoms with E-state index in [1.807, 2.05) is 0 Å². The van der Waals surface area contributed by atoms with Crippen LogP contribution in [-0.2, 0) is 11.8 Å². The van der Waals surface area contributed by atoms with E-state index in [-0.39, 0.29) is 0 Å². The summed E-state index contributed by atoms with van der Waals surface area (Å²) in [5, 5.41) is 9.90. The van der Waals surface area contributed by atoms with Crippen molar-refractivity contribution >= 4 is 88.3 Å². The van der Waals surface area contributed by atoms with Crippen molar-refractivity contribution in [2.45, 2.75) is 32.6 Å². The SMILES string of the molecule is CC1C=C(N(c2ccccc2)c2cc3c(c4ccccc24)-c2ccc4c5c6ccccc6c(N(c6ccccc6)c6cccc7ccccc67)cc5n(-c5ccccc5)c4c2C3(C)C)c2ccccc2C1. The Labute approximate surface area is 414 Å². The van der Waals surface area contributed by atoms with Crippen LogP contribution in [0, 0.1) is 5.92 Å². The van der Waals surface area contributed by atoms with Gasteiger partial charge in [-0.2, -0.15) is 0 Å². The normalized spacial score (nSPS) is 14.7. The molecule has 1 heterocycles. The second kappa shape index (κ2) is 15.9. The number of aromatic nitrogens is 1. The van der Waals surface area contributed by atoms with E-state index < -0.39 is 5.41 Å². The zero-order valence-electron chi connectivity index (χ0n) is 40.1. The van der Waals surface area contributed by atoms with Crippen molar-refractivity contribution in [3.8, 4) is 16.8 Å². The van der Waals surface area contributed by atoms with E-state index >= 15 is 0 Å². The molecular weight excluding hydrogens is 859 g/mol. The van der Waals surface area contributed by atoms with Crippen LogP contribution < -0.4 is 9.80 Å². The Morgan fingerprint density at radius 3 is 1.79 bits per heavy atom. The maximum atomic E-state index is 2.59. The summed E-state index contributed by atoms with van der Waals surface area (Å²) in [5.74, 6) is 0.393. The molecule has 2 aliphatic rings. The zero-order chi connectivity index (χ0) is 47.4. The van der Waals surface area contributed by atoms with Crippen molar-refractivity contribution in [1.82, 2.24) is 4.57 Å². The summed E-state index contributed by atoms with van der Waals surface area (Å²) in [4.78, 5) is 5.03. The Morgan fingerprint density at radius 2 is 1.04 bits per heavy atom. The van der Waals surface area contributed by atoms with Gasteiger partial charge in [-0.3, -0.25) is 0 Å². The first-order chi connectivity index (χ1) is 34.9. The second-order valence-corrected chi connectivity index (χ2v) is 20.1. The van der Waals surface area contributed by atoms with Crippen molar-refractivity contribution in [3.63, 3.8) is 0 Å². The number of para-hydroxylation sites is 3. The van der Waals surface area contributed by atoms with Gasteiger partial charge >= 0.3 is 0 Å². The van der Waals surface area contributed by atoms with Crippen molar-refractivity contribution in [3.05, 3.63) is 259 Å². The smallest absolute Gasteiger partial charge is 0.0588 e. The molecule has 3 heteroatoms. The number of nitrogens with zero attached hydrogens (tertiary/aromatic N) is 3. The monoisotopic (exact) mass is 909 g/mol. The van der Waals surface area contributed by atoms with Crippen molar-refractivity contribution < 1.29 is 0 Å². The number of rotatable bonds is 7. The van der Waals surface area contributed by atoms with Crippen LogP contribution in [0.4, 0.5) is 28.4 Å². The number of allylic oxidation sites excluding steroid dienone is 1. The topological polar surface area (TPSA) is 11.4 Å². The van der Waals surface area contributed by atoms with Gasteiger partial charge in [0.15, 0.2) is 0 Å². The molecule has 0 saturated carbocycles. The summed E-state index contributed by atoms with van der Waals surface area (Å²) in [5.41, 5.74) is 18.2. The third kappa shape index (κ3) is 6.22. The van der Waals surface area contributed by atoms with Crippen LogP contribution >= 0.6 is 0 Å². The van der Waals surface area contributed by atoms with E-state index in [2.05, 4.69) is 272 Å². The number of anilines is 5. The average molecular weight is 910 g/mol. The first-order valence-corrected chi connectivity index (χ1v) is 25.1. The fraction of sp³-hybridized carbons (Fsp3) is 0.0882. The van der Waals surface area contributed by atoms with Crippen molar-refractivity contribution in [2.75, 3.05) is 9.80 Å². The molecule has 12 aromatic rings. The molecule has 3 nitrogen and oxygen atoms in total. The van der Waals surface area contributed by atoms with E-state index in [4.69, 9.17) is 0 Å². The molecule has 11 aromatic carbocycles. The molecule has 1 aromatic heterocycles. The van der Waals surface area contributed by atoms with Gasteiger partial charge in [0, 0.05) is 60.7 Å². The number of hydrogen-bond donors (Lipinski definition) is 0. The van der Waals surface area contributed by atoms with E-state index in [0.29, 0.717) is 5.92 Å². The van der Waals surface area contributed by atoms with Crippen LogP contribution in [0.3, 0.4) is 0 Å². The first kappa shape index (κ1) is 41.3. The largest absolute Gasteiger partial charge is 0.310 e. The lowest BCUT2D eigenvalue weighted by Gasteiger charge is -2.34. The Balaban J connectivity index is 1.08. The van der Waals surface area contributed by atoms with Gasteiger partial charge in [-0.1, -0.05) is 203 Å². The van der Waals surface area contributed by atoms with E-state index in [0.717, 1.165) is 34.9 Å². The third-order valence-electron chi connectivity index (χ3n) is 15.6. The van der Waals surface area contributed by atoms with Gasteiger partial charge in [0.25, 0.3) is 0 Å². The molecular formula is C68H51N3. The fourth-order valence-corrected chi connectivity index (χ4v) is 12.6. The summed E-state index contributed by atoms with van der Waals surface area (Å²) in [7, 11) is 0. The number of benzene rings is 11. The summed E-state index contributed by atoms with van der Waals surface area (Å²) in [6.45, 7) is 7.29. The van der Waals surface area contributed by atoms with Gasteiger partial charge in [-0.25, -0.2) is 0 Å². The van der Waals surface area contributed by atoms with Crippen LogP contribution in [0.5, 0.6) is 0 Å². The highest BCUT2D eigenvalue weighted by atomic mass is 15.2. The van der Waals surface area contributed by atoms with Crippen LogP contribution in [0.15, 0.2) is 237 Å². The number of hydrogen-bond acceptors (Lipinski definition) is 2. The lowest BCUT2D eigenvalue weighted by molar-refractivity contribution is 0.664. The van der Waals surface area contributed by atoms with Gasteiger partial charge in [-0.05, 0) is 111 Å². The summed E-state index contributed by atoms with van der Waals surface area (Å²) >= 11 is 0. The molecule has 0 bridgehead atoms. The van der Waals surface area contributed by atoms with Crippen LogP contribution in [0.1, 0.15) is 43.0 Å². The minimum atomic E-state index is -0.393. The van der Waals surface area contributed by atoms with Crippen molar-refractivity contribution in [1.29, 1.82) is 0 Å². The highest BCUT2D eigenvalue weighted by Gasteiger charge is 2.41. The van der Waals surface area contributed by atoms with Gasteiger partial charge in [0.05, 0.1) is 28.1 Å². The Morgan fingerprint density at radius 1 is 0.465 bits per heavy atom. The predicted molar refractivity (Wildman–Crippen MR) is 301 cm³/mol. The fourth-order valence-electron chi connectivity index (χ4n) is 12.6. The molecule has 0 spiro atoms. The lowest BCUT2D eigenvalue weighted by Crippen LogP contribution is -2.22. The number of fused-ring (bicyclic) bond motifs is 13. The molecule has 338 valence electrons. The molecule has 2 aliphatic carbocycles. The van der Waals surface area contributed by atoms with E-state index in [1.165, 1.54) is 98.9 Å². The molecule has 0 amide bonds. The van der Waals surface area contributed by atoms with Crippen LogP contribution in [-0.4, -0.2) is 4.57 Å². The molecule has 14 rings (SSSR count). The summed E-state index contributed by atoms with van der Waals surface area (Å²) in [6, 6.07) is 85.5. The summed E-state index contributed by atoms with van der Waals surface area (Å²) in [6.07, 6.45) is 3.53. The molecule has 0 N–H and O–H groups in total. The molecule has 71 heavy (non-hydrogen) atoms. The first-order valence-electron chi connectivity index (χ1n) is 25.1. The van der Waals surface area contributed by atoms with E-state index in [1.54, 1.807) is 0 Å². The minimum absolute atomic E-state index is 0.393. The van der Waals surface area contributed by atoms with E-state index in [9.17, 15) is 0 Å². The molecule has 1 unspecified atom stereocenters. The van der Waals surface area contributed by atoms with Crippen molar-refractivity contribution in [2.24, 2.45) is 5.92 Å². The quantitative estimate of drug-likeness (QED) is 0.158. The lowest BCUT2D eigenvalue weighted by atomic mass is 9.80. The molecule has 0 fully saturated rings. The highest BCUT2D eigenvalue weighted by molar-refractivity contribution is 6.27. The Hall–Kier alpha value is -8.66. The van der Waals surface area contributed by atoms with Crippen LogP contribution in [0.2, 0.25) is 0 Å². The third-order valence-corrected chi connectivity index (χ3v) is 15.6. The average Bonchev–Trinajstić information content (AvgIpc) is 3.89.